The fourth-order valence-electron chi connectivity index (χ4n) is 4.49. The molecular weight excluding hydrogens is 444 g/mol. The van der Waals surface area contributed by atoms with Crippen molar-refractivity contribution in [1.82, 2.24) is 24.8 Å². The number of nitrogens with zero attached hydrogens (tertiary/aromatic N) is 6. The Hall–Kier alpha value is -3.59. The fourth-order valence-corrected chi connectivity index (χ4v) is 5.29. The predicted octanol–water partition coefficient (Wildman–Crippen LogP) is 4.20. The molecule has 0 bridgehead atoms. The minimum Gasteiger partial charge on any atom is -0.404 e. The Labute approximate surface area is 202 Å². The summed E-state index contributed by atoms with van der Waals surface area (Å²) in [7, 11) is 1.72. The van der Waals surface area contributed by atoms with Crippen molar-refractivity contribution in [3.63, 3.8) is 0 Å². The third-order valence-corrected chi connectivity index (χ3v) is 7.20. The van der Waals surface area contributed by atoms with Crippen molar-refractivity contribution in [1.29, 1.82) is 0 Å². The normalized spacial score (nSPS) is 16.3. The van der Waals surface area contributed by atoms with Gasteiger partial charge in [0.05, 0.1) is 11.2 Å². The second-order valence-corrected chi connectivity index (χ2v) is 9.63. The summed E-state index contributed by atoms with van der Waals surface area (Å²) < 4.78 is 1.81. The van der Waals surface area contributed by atoms with Crippen LogP contribution in [0.5, 0.6) is 0 Å². The maximum atomic E-state index is 6.40. The molecule has 4 aromatic rings. The van der Waals surface area contributed by atoms with Gasteiger partial charge in [0.1, 0.15) is 0 Å². The second-order valence-electron chi connectivity index (χ2n) is 8.68. The number of pyridine rings is 1. The SMILES string of the molecule is CN=C/C(=C\N)c1cnc2ccc(Cc3nnc4sc(/C(N)=C/C5CCCCC5)nn34)cc2c1. The highest BCUT2D eigenvalue weighted by Gasteiger charge is 2.16. The van der Waals surface area contributed by atoms with Crippen molar-refractivity contribution in [2.45, 2.75) is 38.5 Å². The first-order chi connectivity index (χ1) is 16.6. The van der Waals surface area contributed by atoms with Crippen LogP contribution >= 0.6 is 11.3 Å². The van der Waals surface area contributed by atoms with Gasteiger partial charge in [-0.15, -0.1) is 10.2 Å². The van der Waals surface area contributed by atoms with Crippen LogP contribution in [0.4, 0.5) is 0 Å². The molecular formula is C25H28N8S. The van der Waals surface area contributed by atoms with E-state index in [0.29, 0.717) is 12.3 Å². The van der Waals surface area contributed by atoms with Crippen LogP contribution in [0.1, 0.15) is 54.1 Å². The van der Waals surface area contributed by atoms with Gasteiger partial charge in [-0.05, 0) is 42.5 Å². The van der Waals surface area contributed by atoms with Gasteiger partial charge in [-0.1, -0.05) is 42.7 Å². The van der Waals surface area contributed by atoms with Gasteiger partial charge in [-0.2, -0.15) is 9.61 Å². The molecule has 8 nitrogen and oxygen atoms in total. The maximum Gasteiger partial charge on any atom is 0.235 e. The summed E-state index contributed by atoms with van der Waals surface area (Å²) >= 11 is 1.48. The minimum atomic E-state index is 0.553. The lowest BCUT2D eigenvalue weighted by Crippen LogP contribution is -2.07. The summed E-state index contributed by atoms with van der Waals surface area (Å²) in [5.74, 6) is 1.34. The van der Waals surface area contributed by atoms with E-state index in [1.54, 1.807) is 19.5 Å². The molecule has 0 saturated heterocycles. The molecule has 0 atom stereocenters. The van der Waals surface area contributed by atoms with Crippen LogP contribution in [0, 0.1) is 5.92 Å². The summed E-state index contributed by atoms with van der Waals surface area (Å²) in [6.07, 6.45) is 14.2. The first-order valence-corrected chi connectivity index (χ1v) is 12.4. The molecule has 0 radical (unpaired) electrons. The van der Waals surface area contributed by atoms with E-state index in [-0.39, 0.29) is 0 Å². The number of hydrogen-bond donors (Lipinski definition) is 2. The largest absolute Gasteiger partial charge is 0.404 e. The molecule has 1 fully saturated rings. The summed E-state index contributed by atoms with van der Waals surface area (Å²) in [6, 6.07) is 8.27. The third-order valence-electron chi connectivity index (χ3n) is 6.26. The Morgan fingerprint density at radius 2 is 2.06 bits per heavy atom. The Morgan fingerprint density at radius 3 is 2.85 bits per heavy atom. The van der Waals surface area contributed by atoms with E-state index in [1.807, 2.05) is 16.8 Å². The predicted molar refractivity (Wildman–Crippen MR) is 139 cm³/mol. The van der Waals surface area contributed by atoms with Gasteiger partial charge in [-0.3, -0.25) is 9.98 Å². The molecule has 5 rings (SSSR count). The summed E-state index contributed by atoms with van der Waals surface area (Å²) in [4.78, 5) is 9.39. The zero-order valence-corrected chi connectivity index (χ0v) is 20.0. The molecule has 4 N–H and O–H groups in total. The number of fused-ring (bicyclic) bond motifs is 2. The summed E-state index contributed by atoms with van der Waals surface area (Å²) in [5.41, 5.74) is 16.7. The highest BCUT2D eigenvalue weighted by atomic mass is 32.1. The molecule has 9 heteroatoms. The lowest BCUT2D eigenvalue weighted by atomic mass is 9.89. The highest BCUT2D eigenvalue weighted by molar-refractivity contribution is 7.17. The molecule has 3 aromatic heterocycles. The smallest absolute Gasteiger partial charge is 0.235 e. The van der Waals surface area contributed by atoms with E-state index in [4.69, 9.17) is 16.6 Å². The van der Waals surface area contributed by atoms with Crippen LogP contribution in [0.3, 0.4) is 0 Å². The van der Waals surface area contributed by atoms with Gasteiger partial charge in [0, 0.05) is 48.6 Å². The van der Waals surface area contributed by atoms with Crippen LogP contribution in [-0.2, 0) is 6.42 Å². The molecule has 0 unspecified atom stereocenters. The first-order valence-electron chi connectivity index (χ1n) is 11.6. The lowest BCUT2D eigenvalue weighted by Gasteiger charge is -2.18. The quantitative estimate of drug-likeness (QED) is 0.406. The van der Waals surface area contributed by atoms with Crippen LogP contribution in [-0.4, -0.2) is 38.1 Å². The first kappa shape index (κ1) is 22.2. The number of allylic oxidation sites excluding steroid dienone is 2. The number of nitrogens with two attached hydrogens (primary N) is 2. The number of aromatic nitrogens is 5. The fraction of sp³-hybridized carbons (Fsp3) is 0.320. The van der Waals surface area contributed by atoms with Gasteiger partial charge < -0.3 is 11.5 Å². The van der Waals surface area contributed by atoms with Crippen molar-refractivity contribution in [3.05, 3.63) is 64.7 Å². The van der Waals surface area contributed by atoms with Gasteiger partial charge >= 0.3 is 0 Å². The molecule has 34 heavy (non-hydrogen) atoms. The van der Waals surface area contributed by atoms with Crippen molar-refractivity contribution in [3.8, 4) is 0 Å². The number of benzene rings is 1. The molecule has 3 heterocycles. The van der Waals surface area contributed by atoms with Gasteiger partial charge in [0.15, 0.2) is 10.8 Å². The van der Waals surface area contributed by atoms with E-state index in [1.165, 1.54) is 43.4 Å². The van der Waals surface area contributed by atoms with E-state index in [2.05, 4.69) is 44.4 Å². The van der Waals surface area contributed by atoms with Crippen LogP contribution < -0.4 is 11.5 Å². The van der Waals surface area contributed by atoms with E-state index < -0.39 is 0 Å². The highest BCUT2D eigenvalue weighted by Crippen LogP contribution is 2.28. The standard InChI is InChI=1S/C25H28N8S/c1-28-14-20(13-26)19-12-18-9-17(7-8-22(18)29-15-19)11-23-30-31-25-33(23)32-24(34-25)21(27)10-16-5-3-2-4-6-16/h7-10,12-16H,2-6,11,26-27H2,1H3/b20-13+,21-10-,28-14?. The van der Waals surface area contributed by atoms with Crippen molar-refractivity contribution < 1.29 is 0 Å². The van der Waals surface area contributed by atoms with Crippen molar-refractivity contribution in [2.24, 2.45) is 22.4 Å². The van der Waals surface area contributed by atoms with Crippen molar-refractivity contribution in [2.75, 3.05) is 7.05 Å². The zero-order valence-electron chi connectivity index (χ0n) is 19.2. The van der Waals surface area contributed by atoms with E-state index >= 15 is 0 Å². The minimum absolute atomic E-state index is 0.553. The Balaban J connectivity index is 1.41. The summed E-state index contributed by atoms with van der Waals surface area (Å²) in [6.45, 7) is 0. The topological polar surface area (TPSA) is 120 Å². The molecule has 0 amide bonds. The number of hydrogen-bond acceptors (Lipinski definition) is 8. The van der Waals surface area contributed by atoms with Gasteiger partial charge in [-0.25, -0.2) is 0 Å². The Kier molecular flexibility index (Phi) is 6.35. The summed E-state index contributed by atoms with van der Waals surface area (Å²) in [5, 5.41) is 15.3. The molecule has 1 aliphatic carbocycles. The lowest BCUT2D eigenvalue weighted by molar-refractivity contribution is 0.420. The van der Waals surface area contributed by atoms with Crippen LogP contribution in [0.2, 0.25) is 0 Å². The molecule has 1 aromatic carbocycles. The third kappa shape index (κ3) is 4.56. The van der Waals surface area contributed by atoms with E-state index in [0.717, 1.165) is 49.1 Å². The molecule has 0 spiro atoms. The van der Waals surface area contributed by atoms with Crippen LogP contribution in [0.25, 0.3) is 27.1 Å². The Morgan fingerprint density at radius 1 is 1.21 bits per heavy atom. The van der Waals surface area contributed by atoms with Gasteiger partial charge in [0.2, 0.25) is 4.96 Å². The van der Waals surface area contributed by atoms with E-state index in [9.17, 15) is 0 Å². The monoisotopic (exact) mass is 472 g/mol. The number of aliphatic imine (C=N–C) groups is 1. The van der Waals surface area contributed by atoms with Gasteiger partial charge in [0.25, 0.3) is 0 Å². The molecule has 1 saturated carbocycles. The second kappa shape index (κ2) is 9.72. The average molecular weight is 473 g/mol. The Bertz CT molecular complexity index is 1410. The zero-order chi connectivity index (χ0) is 23.5. The molecule has 1 aliphatic rings. The molecule has 0 aliphatic heterocycles. The maximum absolute atomic E-state index is 6.40. The van der Waals surface area contributed by atoms with Crippen molar-refractivity contribution >= 4 is 44.7 Å². The molecule has 174 valence electrons. The van der Waals surface area contributed by atoms with Crippen LogP contribution in [0.15, 0.2) is 47.7 Å². The number of rotatable bonds is 6. The average Bonchev–Trinajstić information content (AvgIpc) is 3.45.